The molecule has 1 aromatic carbocycles. The monoisotopic (exact) mass is 425 g/mol. The molecule has 0 aliphatic carbocycles. The van der Waals surface area contributed by atoms with Crippen molar-refractivity contribution >= 4 is 23.6 Å². The van der Waals surface area contributed by atoms with Crippen LogP contribution < -0.4 is 5.32 Å². The number of hydrogen-bond acceptors (Lipinski definition) is 5. The van der Waals surface area contributed by atoms with Gasteiger partial charge in [-0.1, -0.05) is 0 Å². The van der Waals surface area contributed by atoms with Crippen LogP contribution in [0.2, 0.25) is 0 Å². The van der Waals surface area contributed by atoms with Crippen LogP contribution >= 0.6 is 0 Å². The highest BCUT2D eigenvalue weighted by Crippen LogP contribution is 2.22. The zero-order valence-corrected chi connectivity index (χ0v) is 17.5. The summed E-state index contributed by atoms with van der Waals surface area (Å²) in [7, 11) is 0. The smallest absolute Gasteiger partial charge is 0.349 e. The topological polar surface area (TPSA) is 93.4 Å². The van der Waals surface area contributed by atoms with E-state index in [0.29, 0.717) is 5.69 Å². The second kappa shape index (κ2) is 10.0. The summed E-state index contributed by atoms with van der Waals surface area (Å²) < 4.78 is 25.7. The number of nitriles is 1. The van der Waals surface area contributed by atoms with E-state index in [4.69, 9.17) is 9.47 Å². The lowest BCUT2D eigenvalue weighted by Crippen LogP contribution is -2.21. The molecule has 1 aromatic heterocycles. The molecule has 31 heavy (non-hydrogen) atoms. The molecule has 1 fully saturated rings. The highest BCUT2D eigenvalue weighted by Gasteiger charge is 2.20. The standard InChI is InChI=1S/C23H24FN3O4/c1-15-10-17(16(2)27(15)13-21-4-3-9-30-21)11-18(12-25)23(29)31-14-22(28)26-20-7-5-19(24)6-8-20/h5-8,10-11,21H,3-4,9,13-14H2,1-2H3,(H,26,28)/b18-11+. The quantitative estimate of drug-likeness (QED) is 0.416. The van der Waals surface area contributed by atoms with E-state index < -0.39 is 24.3 Å². The molecule has 2 heterocycles. The minimum absolute atomic E-state index is 0.168. The van der Waals surface area contributed by atoms with Gasteiger partial charge in [-0.05, 0) is 68.7 Å². The number of amides is 1. The average molecular weight is 425 g/mol. The highest BCUT2D eigenvalue weighted by atomic mass is 19.1. The average Bonchev–Trinajstić information content (AvgIpc) is 3.36. The summed E-state index contributed by atoms with van der Waals surface area (Å²) >= 11 is 0. The van der Waals surface area contributed by atoms with Crippen molar-refractivity contribution in [3.05, 3.63) is 58.7 Å². The van der Waals surface area contributed by atoms with E-state index in [9.17, 15) is 19.2 Å². The number of nitrogens with zero attached hydrogens (tertiary/aromatic N) is 2. The van der Waals surface area contributed by atoms with Crippen molar-refractivity contribution in [2.75, 3.05) is 18.5 Å². The first-order valence-electron chi connectivity index (χ1n) is 10.00. The maximum absolute atomic E-state index is 12.9. The predicted octanol–water partition coefficient (Wildman–Crippen LogP) is 3.51. The first-order valence-corrected chi connectivity index (χ1v) is 10.00. The van der Waals surface area contributed by atoms with Crippen LogP contribution in [-0.4, -0.2) is 35.8 Å². The normalized spacial score (nSPS) is 16.1. The third kappa shape index (κ3) is 5.80. The van der Waals surface area contributed by atoms with Gasteiger partial charge >= 0.3 is 5.97 Å². The van der Waals surface area contributed by atoms with Crippen LogP contribution in [0.4, 0.5) is 10.1 Å². The molecular weight excluding hydrogens is 401 g/mol. The van der Waals surface area contributed by atoms with E-state index in [2.05, 4.69) is 9.88 Å². The van der Waals surface area contributed by atoms with Crippen molar-refractivity contribution in [2.45, 2.75) is 39.3 Å². The van der Waals surface area contributed by atoms with Crippen LogP contribution in [0.1, 0.15) is 29.8 Å². The molecule has 1 saturated heterocycles. The Morgan fingerprint density at radius 1 is 1.35 bits per heavy atom. The van der Waals surface area contributed by atoms with Gasteiger partial charge in [0.25, 0.3) is 5.91 Å². The van der Waals surface area contributed by atoms with Crippen molar-refractivity contribution in [1.29, 1.82) is 5.26 Å². The molecule has 0 radical (unpaired) electrons. The van der Waals surface area contributed by atoms with Crippen LogP contribution in [0.3, 0.4) is 0 Å². The van der Waals surface area contributed by atoms with Crippen LogP contribution in [0.25, 0.3) is 6.08 Å². The molecule has 1 aliphatic heterocycles. The first kappa shape index (κ1) is 22.2. The molecule has 162 valence electrons. The van der Waals surface area contributed by atoms with E-state index >= 15 is 0 Å². The number of aromatic nitrogens is 1. The molecule has 0 spiro atoms. The first-order chi connectivity index (χ1) is 14.9. The number of carbonyl (C=O) groups is 2. The molecular formula is C23H24FN3O4. The summed E-state index contributed by atoms with van der Waals surface area (Å²) in [5.41, 5.74) is 2.83. The molecule has 7 nitrogen and oxygen atoms in total. The van der Waals surface area contributed by atoms with Crippen molar-refractivity contribution in [2.24, 2.45) is 0 Å². The fourth-order valence-corrected chi connectivity index (χ4v) is 3.48. The van der Waals surface area contributed by atoms with Gasteiger partial charge in [0.15, 0.2) is 6.61 Å². The van der Waals surface area contributed by atoms with Gasteiger partial charge in [0.05, 0.1) is 6.10 Å². The Balaban J connectivity index is 1.62. The molecule has 3 rings (SSSR count). The van der Waals surface area contributed by atoms with Crippen LogP contribution in [0.15, 0.2) is 35.9 Å². The second-order valence-electron chi connectivity index (χ2n) is 7.37. The van der Waals surface area contributed by atoms with Gasteiger partial charge in [-0.2, -0.15) is 5.26 Å². The fraction of sp³-hybridized carbons (Fsp3) is 0.348. The summed E-state index contributed by atoms with van der Waals surface area (Å²) in [6.45, 7) is 4.82. The zero-order chi connectivity index (χ0) is 22.4. The van der Waals surface area contributed by atoms with Crippen LogP contribution in [-0.2, 0) is 25.6 Å². The number of ether oxygens (including phenoxy) is 2. The summed E-state index contributed by atoms with van der Waals surface area (Å²) in [5, 5.41) is 11.9. The van der Waals surface area contributed by atoms with Gasteiger partial charge in [0, 0.05) is 30.2 Å². The van der Waals surface area contributed by atoms with E-state index in [1.165, 1.54) is 30.3 Å². The summed E-state index contributed by atoms with van der Waals surface area (Å²) in [5.74, 6) is -1.91. The predicted molar refractivity (Wildman–Crippen MR) is 112 cm³/mol. The van der Waals surface area contributed by atoms with Crippen molar-refractivity contribution in [3.8, 4) is 6.07 Å². The minimum atomic E-state index is -0.888. The maximum atomic E-state index is 12.9. The largest absolute Gasteiger partial charge is 0.451 e. The molecule has 0 saturated carbocycles. The van der Waals surface area contributed by atoms with Crippen molar-refractivity contribution in [3.63, 3.8) is 0 Å². The van der Waals surface area contributed by atoms with Gasteiger partial charge in [0.1, 0.15) is 17.5 Å². The maximum Gasteiger partial charge on any atom is 0.349 e. The summed E-state index contributed by atoms with van der Waals surface area (Å²) in [6.07, 6.45) is 3.70. The zero-order valence-electron chi connectivity index (χ0n) is 17.5. The number of carbonyl (C=O) groups excluding carboxylic acids is 2. The molecule has 2 aromatic rings. The molecule has 1 aliphatic rings. The Labute approximate surface area is 180 Å². The number of hydrogen-bond donors (Lipinski definition) is 1. The van der Waals surface area contributed by atoms with Crippen LogP contribution in [0, 0.1) is 31.0 Å². The summed E-state index contributed by atoms with van der Waals surface area (Å²) in [6, 6.07) is 8.92. The van der Waals surface area contributed by atoms with E-state index in [1.807, 2.05) is 26.0 Å². The Morgan fingerprint density at radius 2 is 2.10 bits per heavy atom. The number of aryl methyl sites for hydroxylation is 1. The molecule has 8 heteroatoms. The number of benzene rings is 1. The molecule has 1 unspecified atom stereocenters. The number of esters is 1. The lowest BCUT2D eigenvalue weighted by molar-refractivity contribution is -0.142. The van der Waals surface area contributed by atoms with Crippen LogP contribution in [0.5, 0.6) is 0 Å². The Hall–Kier alpha value is -3.44. The second-order valence-corrected chi connectivity index (χ2v) is 7.37. The minimum Gasteiger partial charge on any atom is -0.451 e. The van der Waals surface area contributed by atoms with E-state index in [1.54, 1.807) is 0 Å². The van der Waals surface area contributed by atoms with Crippen molar-refractivity contribution < 1.29 is 23.5 Å². The molecule has 1 N–H and O–H groups in total. The van der Waals surface area contributed by atoms with Gasteiger partial charge in [0.2, 0.25) is 0 Å². The van der Waals surface area contributed by atoms with E-state index in [0.717, 1.165) is 42.9 Å². The number of halogens is 1. The van der Waals surface area contributed by atoms with Gasteiger partial charge in [-0.15, -0.1) is 0 Å². The molecule has 1 amide bonds. The highest BCUT2D eigenvalue weighted by molar-refractivity contribution is 6.00. The number of nitrogens with one attached hydrogen (secondary N) is 1. The third-order valence-corrected chi connectivity index (χ3v) is 5.13. The Morgan fingerprint density at radius 3 is 2.74 bits per heavy atom. The fourth-order valence-electron chi connectivity index (χ4n) is 3.48. The Kier molecular flexibility index (Phi) is 7.21. The third-order valence-electron chi connectivity index (χ3n) is 5.13. The van der Waals surface area contributed by atoms with E-state index in [-0.39, 0.29) is 11.7 Å². The molecule has 1 atom stereocenters. The lowest BCUT2D eigenvalue weighted by atomic mass is 10.1. The van der Waals surface area contributed by atoms with Gasteiger partial charge in [-0.3, -0.25) is 4.79 Å². The van der Waals surface area contributed by atoms with Gasteiger partial charge < -0.3 is 19.4 Å². The molecule has 0 bridgehead atoms. The SMILES string of the molecule is Cc1cc(/C=C(\C#N)C(=O)OCC(=O)Nc2ccc(F)cc2)c(C)n1CC1CCCO1. The van der Waals surface area contributed by atoms with Crippen molar-refractivity contribution in [1.82, 2.24) is 4.57 Å². The Bertz CT molecular complexity index is 1030. The summed E-state index contributed by atoms with van der Waals surface area (Å²) in [4.78, 5) is 24.2. The lowest BCUT2D eigenvalue weighted by Gasteiger charge is -2.14. The number of rotatable bonds is 7. The van der Waals surface area contributed by atoms with Gasteiger partial charge in [-0.25, -0.2) is 9.18 Å². The number of anilines is 1.